The summed E-state index contributed by atoms with van der Waals surface area (Å²) < 4.78 is 8.06. The molecule has 0 saturated heterocycles. The number of benzene rings is 2. The van der Waals surface area contributed by atoms with Crippen LogP contribution in [0.3, 0.4) is 0 Å². The van der Waals surface area contributed by atoms with Gasteiger partial charge in [0.15, 0.2) is 4.77 Å². The maximum Gasteiger partial charge on any atom is 0.269 e. The van der Waals surface area contributed by atoms with Crippen molar-refractivity contribution in [2.75, 3.05) is 13.2 Å². The molecule has 0 saturated carbocycles. The Kier molecular flexibility index (Phi) is 6.57. The second-order valence-corrected chi connectivity index (χ2v) is 6.57. The first kappa shape index (κ1) is 19.1. The van der Waals surface area contributed by atoms with E-state index in [0.29, 0.717) is 23.6 Å². The zero-order chi connectivity index (χ0) is 19.1. The number of imidazole rings is 1. The number of nitrogens with one attached hydrogen (secondary N) is 2. The fourth-order valence-electron chi connectivity index (χ4n) is 2.81. The molecule has 3 rings (SSSR count). The van der Waals surface area contributed by atoms with E-state index in [4.69, 9.17) is 17.0 Å². The summed E-state index contributed by atoms with van der Waals surface area (Å²) in [6, 6.07) is 19.7. The van der Waals surface area contributed by atoms with Gasteiger partial charge in [-0.3, -0.25) is 9.36 Å². The summed E-state index contributed by atoms with van der Waals surface area (Å²) in [5.74, 6) is -0.165. The molecule has 27 heavy (non-hydrogen) atoms. The van der Waals surface area contributed by atoms with Crippen LogP contribution >= 0.6 is 12.2 Å². The van der Waals surface area contributed by atoms with Crippen molar-refractivity contribution in [2.24, 2.45) is 0 Å². The molecule has 3 aromatic rings. The molecule has 0 aliphatic carbocycles. The van der Waals surface area contributed by atoms with E-state index in [1.165, 1.54) is 0 Å². The van der Waals surface area contributed by atoms with Crippen molar-refractivity contribution in [1.29, 1.82) is 0 Å². The predicted molar refractivity (Wildman–Crippen MR) is 109 cm³/mol. The summed E-state index contributed by atoms with van der Waals surface area (Å²) in [6.45, 7) is 3.14. The molecule has 1 amide bonds. The molecular weight excluding hydrogens is 358 g/mol. The van der Waals surface area contributed by atoms with Gasteiger partial charge in [-0.1, -0.05) is 48.5 Å². The van der Waals surface area contributed by atoms with Gasteiger partial charge >= 0.3 is 0 Å². The number of nitrogens with zero attached hydrogens (tertiary/aromatic N) is 1. The van der Waals surface area contributed by atoms with Crippen LogP contribution in [0.5, 0.6) is 0 Å². The normalized spacial score (nSPS) is 11.9. The first-order valence-electron chi connectivity index (χ1n) is 8.97. The highest BCUT2D eigenvalue weighted by Crippen LogP contribution is 2.16. The topological polar surface area (TPSA) is 59.0 Å². The average molecular weight is 382 g/mol. The third-order valence-electron chi connectivity index (χ3n) is 4.27. The van der Waals surface area contributed by atoms with Crippen molar-refractivity contribution >= 4 is 18.1 Å². The van der Waals surface area contributed by atoms with Crippen LogP contribution in [-0.4, -0.2) is 28.6 Å². The second-order valence-electron chi connectivity index (χ2n) is 6.18. The summed E-state index contributed by atoms with van der Waals surface area (Å²) in [5.41, 5.74) is 2.49. The Hall–Kier alpha value is -2.70. The molecule has 1 heterocycles. The minimum Gasteiger partial charge on any atom is -0.374 e. The molecule has 5 nitrogen and oxygen atoms in total. The van der Waals surface area contributed by atoms with Gasteiger partial charge in [-0.05, 0) is 43.3 Å². The van der Waals surface area contributed by atoms with Crippen LogP contribution in [-0.2, 0) is 4.74 Å². The Balaban J connectivity index is 1.50. The SMILES string of the molecule is CC(OCCCNC(=O)c1c[nH]c(=S)n1-c1ccccc1)c1ccccc1. The number of carbonyl (C=O) groups excluding carboxylic acids is 1. The van der Waals surface area contributed by atoms with E-state index in [2.05, 4.69) is 10.3 Å². The highest BCUT2D eigenvalue weighted by Gasteiger charge is 2.13. The molecular formula is C21H23N3O2S. The number of carbonyl (C=O) groups is 1. The standard InChI is InChI=1S/C21H23N3O2S/c1-16(17-9-4-2-5-10-17)26-14-8-13-22-20(25)19-15-23-21(27)24(19)18-11-6-3-7-12-18/h2-7,9-12,15-16H,8,13-14H2,1H3,(H,22,25)(H,23,27). The molecule has 1 unspecified atom stereocenters. The van der Waals surface area contributed by atoms with Crippen LogP contribution in [0.1, 0.15) is 35.5 Å². The quantitative estimate of drug-likeness (QED) is 0.448. The smallest absolute Gasteiger partial charge is 0.269 e. The predicted octanol–water partition coefficient (Wildman–Crippen LogP) is 4.43. The third-order valence-corrected chi connectivity index (χ3v) is 4.57. The molecule has 0 bridgehead atoms. The van der Waals surface area contributed by atoms with E-state index in [1.54, 1.807) is 10.8 Å². The molecule has 0 aliphatic heterocycles. The number of hydrogen-bond donors (Lipinski definition) is 2. The summed E-state index contributed by atoms with van der Waals surface area (Å²) in [6.07, 6.45) is 2.41. The van der Waals surface area contributed by atoms with Crippen molar-refractivity contribution in [3.8, 4) is 5.69 Å². The number of ether oxygens (including phenoxy) is 1. The fraction of sp³-hybridized carbons (Fsp3) is 0.238. The monoisotopic (exact) mass is 381 g/mol. The maximum atomic E-state index is 12.5. The van der Waals surface area contributed by atoms with Gasteiger partial charge in [0.25, 0.3) is 5.91 Å². The van der Waals surface area contributed by atoms with Gasteiger partial charge in [-0.25, -0.2) is 0 Å². The molecule has 140 valence electrons. The molecule has 6 heteroatoms. The first-order valence-corrected chi connectivity index (χ1v) is 9.38. The fourth-order valence-corrected chi connectivity index (χ4v) is 3.08. The van der Waals surface area contributed by atoms with Crippen molar-refractivity contribution in [1.82, 2.24) is 14.9 Å². The van der Waals surface area contributed by atoms with Crippen LogP contribution < -0.4 is 5.32 Å². The molecule has 2 N–H and O–H groups in total. The largest absolute Gasteiger partial charge is 0.374 e. The number of para-hydroxylation sites is 1. The van der Waals surface area contributed by atoms with Crippen LogP contribution in [0.2, 0.25) is 0 Å². The lowest BCUT2D eigenvalue weighted by Crippen LogP contribution is -2.27. The highest BCUT2D eigenvalue weighted by molar-refractivity contribution is 7.71. The van der Waals surface area contributed by atoms with E-state index in [1.807, 2.05) is 67.6 Å². The second kappa shape index (κ2) is 9.30. The van der Waals surface area contributed by atoms with Gasteiger partial charge in [0.2, 0.25) is 0 Å². The maximum absolute atomic E-state index is 12.5. The molecule has 0 radical (unpaired) electrons. The van der Waals surface area contributed by atoms with Gasteiger partial charge in [-0.15, -0.1) is 0 Å². The summed E-state index contributed by atoms with van der Waals surface area (Å²) >= 11 is 5.31. The van der Waals surface area contributed by atoms with E-state index in [-0.39, 0.29) is 12.0 Å². The van der Waals surface area contributed by atoms with Gasteiger partial charge in [0.05, 0.1) is 6.10 Å². The molecule has 0 aliphatic rings. The van der Waals surface area contributed by atoms with E-state index >= 15 is 0 Å². The lowest BCUT2D eigenvalue weighted by molar-refractivity contribution is 0.0634. The van der Waals surface area contributed by atoms with Crippen LogP contribution in [0.4, 0.5) is 0 Å². The van der Waals surface area contributed by atoms with Gasteiger partial charge in [0.1, 0.15) is 5.69 Å². The zero-order valence-corrected chi connectivity index (χ0v) is 16.0. The number of amides is 1. The van der Waals surface area contributed by atoms with Gasteiger partial charge < -0.3 is 15.0 Å². The number of aromatic amines is 1. The van der Waals surface area contributed by atoms with Crippen LogP contribution in [0, 0.1) is 4.77 Å². The Morgan fingerprint density at radius 2 is 1.81 bits per heavy atom. The van der Waals surface area contributed by atoms with Crippen molar-refractivity contribution in [3.63, 3.8) is 0 Å². The molecule has 2 aromatic carbocycles. The summed E-state index contributed by atoms with van der Waals surface area (Å²) in [4.78, 5) is 15.5. The summed E-state index contributed by atoms with van der Waals surface area (Å²) in [5, 5.41) is 2.93. The highest BCUT2D eigenvalue weighted by atomic mass is 32.1. The van der Waals surface area contributed by atoms with E-state index in [0.717, 1.165) is 17.7 Å². The minimum absolute atomic E-state index is 0.0367. The molecule has 0 fully saturated rings. The molecule has 1 aromatic heterocycles. The number of hydrogen-bond acceptors (Lipinski definition) is 3. The van der Waals surface area contributed by atoms with E-state index in [9.17, 15) is 4.79 Å². The number of H-pyrrole nitrogens is 1. The summed E-state index contributed by atoms with van der Waals surface area (Å²) in [7, 11) is 0. The molecule has 0 spiro atoms. The molecule has 1 atom stereocenters. The van der Waals surface area contributed by atoms with Crippen LogP contribution in [0.15, 0.2) is 66.9 Å². The van der Waals surface area contributed by atoms with Crippen molar-refractivity contribution < 1.29 is 9.53 Å². The lowest BCUT2D eigenvalue weighted by Gasteiger charge is -2.13. The van der Waals surface area contributed by atoms with E-state index < -0.39 is 0 Å². The zero-order valence-electron chi connectivity index (χ0n) is 15.2. The van der Waals surface area contributed by atoms with Crippen molar-refractivity contribution in [3.05, 3.63) is 82.9 Å². The minimum atomic E-state index is -0.165. The number of aromatic nitrogens is 2. The Morgan fingerprint density at radius 3 is 2.52 bits per heavy atom. The Labute approximate surface area is 164 Å². The Morgan fingerprint density at radius 1 is 1.15 bits per heavy atom. The number of rotatable bonds is 8. The van der Waals surface area contributed by atoms with Crippen LogP contribution in [0.25, 0.3) is 5.69 Å². The third kappa shape index (κ3) is 4.93. The van der Waals surface area contributed by atoms with Crippen molar-refractivity contribution in [2.45, 2.75) is 19.4 Å². The Bertz CT molecular complexity index is 919. The van der Waals surface area contributed by atoms with Gasteiger partial charge in [0, 0.05) is 25.0 Å². The first-order chi connectivity index (χ1) is 13.2. The van der Waals surface area contributed by atoms with Gasteiger partial charge in [-0.2, -0.15) is 0 Å². The lowest BCUT2D eigenvalue weighted by atomic mass is 10.1. The average Bonchev–Trinajstić information content (AvgIpc) is 3.10.